The molecule has 0 radical (unpaired) electrons. The lowest BCUT2D eigenvalue weighted by Crippen LogP contribution is -2.35. The van der Waals surface area contributed by atoms with Gasteiger partial charge in [-0.25, -0.2) is 9.37 Å². The second-order valence-corrected chi connectivity index (χ2v) is 5.33. The lowest BCUT2D eigenvalue weighted by molar-refractivity contribution is 0.365. The molecule has 106 valence electrons. The Bertz CT molecular complexity index is 607. The fourth-order valence-electron chi connectivity index (χ4n) is 2.54. The number of aromatic nitrogens is 3. The van der Waals surface area contributed by atoms with Gasteiger partial charge in [-0.2, -0.15) is 5.10 Å². The second-order valence-electron chi connectivity index (χ2n) is 4.90. The van der Waals surface area contributed by atoms with Gasteiger partial charge >= 0.3 is 0 Å². The van der Waals surface area contributed by atoms with E-state index in [0.717, 1.165) is 25.9 Å². The van der Waals surface area contributed by atoms with Gasteiger partial charge < -0.3 is 10.6 Å². The van der Waals surface area contributed by atoms with Crippen LogP contribution in [-0.2, 0) is 0 Å². The van der Waals surface area contributed by atoms with Crippen LogP contribution in [0.25, 0.3) is 0 Å². The summed E-state index contributed by atoms with van der Waals surface area (Å²) in [5, 5.41) is 4.54. The molecule has 20 heavy (non-hydrogen) atoms. The fraction of sp³-hybridized carbons (Fsp3) is 0.385. The molecular weight excluding hydrogens is 281 g/mol. The topological polar surface area (TPSA) is 60.0 Å². The molecule has 2 aromatic heterocycles. The Morgan fingerprint density at radius 1 is 1.35 bits per heavy atom. The van der Waals surface area contributed by atoms with Crippen LogP contribution in [0.2, 0.25) is 5.02 Å². The van der Waals surface area contributed by atoms with E-state index in [1.54, 1.807) is 6.07 Å². The molecule has 2 aromatic rings. The molecule has 1 aliphatic rings. The van der Waals surface area contributed by atoms with Crippen LogP contribution in [0.1, 0.15) is 18.9 Å². The summed E-state index contributed by atoms with van der Waals surface area (Å²) < 4.78 is 15.7. The molecular formula is C13H15ClFN5. The van der Waals surface area contributed by atoms with E-state index in [0.29, 0.717) is 22.7 Å². The van der Waals surface area contributed by atoms with Gasteiger partial charge in [0.25, 0.3) is 0 Å². The number of nitrogen functional groups attached to an aromatic ring is 1. The average Bonchev–Trinajstić information content (AvgIpc) is 2.86. The highest BCUT2D eigenvalue weighted by Gasteiger charge is 2.23. The minimum atomic E-state index is -0.376. The van der Waals surface area contributed by atoms with Crippen LogP contribution in [0.15, 0.2) is 24.5 Å². The lowest BCUT2D eigenvalue weighted by Gasteiger charge is -2.33. The number of anilines is 2. The molecule has 0 aromatic carbocycles. The number of pyridine rings is 1. The van der Waals surface area contributed by atoms with Crippen LogP contribution in [-0.4, -0.2) is 27.9 Å². The van der Waals surface area contributed by atoms with Gasteiger partial charge in [0, 0.05) is 25.5 Å². The van der Waals surface area contributed by atoms with Gasteiger partial charge in [0.2, 0.25) is 0 Å². The highest BCUT2D eigenvalue weighted by Crippen LogP contribution is 2.27. The smallest absolute Gasteiger partial charge is 0.167 e. The first-order valence-electron chi connectivity index (χ1n) is 6.50. The van der Waals surface area contributed by atoms with Crippen molar-refractivity contribution in [2.75, 3.05) is 23.7 Å². The number of nitrogens with two attached hydrogens (primary N) is 1. The van der Waals surface area contributed by atoms with Gasteiger partial charge in [0.05, 0.1) is 11.1 Å². The van der Waals surface area contributed by atoms with Crippen LogP contribution in [0.3, 0.4) is 0 Å². The molecule has 3 heterocycles. The summed E-state index contributed by atoms with van der Waals surface area (Å²) in [7, 11) is 0. The van der Waals surface area contributed by atoms with E-state index in [9.17, 15) is 4.39 Å². The molecule has 0 atom stereocenters. The first kappa shape index (κ1) is 13.2. The maximum Gasteiger partial charge on any atom is 0.167 e. The molecule has 7 heteroatoms. The van der Waals surface area contributed by atoms with Crippen LogP contribution in [0.5, 0.6) is 0 Å². The average molecular weight is 296 g/mol. The van der Waals surface area contributed by atoms with Gasteiger partial charge in [0.15, 0.2) is 11.6 Å². The summed E-state index contributed by atoms with van der Waals surface area (Å²) in [5.74, 6) is 0.518. The Morgan fingerprint density at radius 3 is 2.70 bits per heavy atom. The molecule has 0 saturated carbocycles. The quantitative estimate of drug-likeness (QED) is 0.925. The third kappa shape index (κ3) is 2.56. The van der Waals surface area contributed by atoms with E-state index in [2.05, 4.69) is 10.1 Å². The van der Waals surface area contributed by atoms with Crippen molar-refractivity contribution >= 4 is 23.2 Å². The molecule has 2 N–H and O–H groups in total. The van der Waals surface area contributed by atoms with Crippen LogP contribution in [0.4, 0.5) is 16.0 Å². The number of rotatable bonds is 2. The number of halogens is 2. The van der Waals surface area contributed by atoms with E-state index < -0.39 is 0 Å². The summed E-state index contributed by atoms with van der Waals surface area (Å²) in [6, 6.07) is 3.38. The Kier molecular flexibility index (Phi) is 3.48. The van der Waals surface area contributed by atoms with Crippen molar-refractivity contribution in [1.29, 1.82) is 0 Å². The molecule has 0 unspecified atom stereocenters. The van der Waals surface area contributed by atoms with Crippen LogP contribution >= 0.6 is 11.6 Å². The zero-order chi connectivity index (χ0) is 14.1. The molecule has 3 rings (SSSR count). The summed E-state index contributed by atoms with van der Waals surface area (Å²) >= 11 is 5.72. The van der Waals surface area contributed by atoms with Crippen LogP contribution in [0, 0.1) is 5.82 Å². The second kappa shape index (κ2) is 5.28. The first-order chi connectivity index (χ1) is 9.63. The molecule has 0 amide bonds. The van der Waals surface area contributed by atoms with Gasteiger partial charge in [-0.3, -0.25) is 4.68 Å². The van der Waals surface area contributed by atoms with Gasteiger partial charge in [-0.05, 0) is 25.0 Å². The van der Waals surface area contributed by atoms with Crippen molar-refractivity contribution in [1.82, 2.24) is 14.8 Å². The van der Waals surface area contributed by atoms with Crippen molar-refractivity contribution in [2.45, 2.75) is 18.9 Å². The summed E-state index contributed by atoms with van der Waals surface area (Å²) in [5.41, 5.74) is 5.62. The van der Waals surface area contributed by atoms with E-state index in [1.165, 1.54) is 12.3 Å². The molecule has 1 saturated heterocycles. The number of hydrogen-bond donors (Lipinski definition) is 1. The van der Waals surface area contributed by atoms with Crippen molar-refractivity contribution in [2.24, 2.45) is 0 Å². The fourth-order valence-corrected chi connectivity index (χ4v) is 2.68. The summed E-state index contributed by atoms with van der Waals surface area (Å²) in [6.45, 7) is 1.46. The monoisotopic (exact) mass is 295 g/mol. The third-order valence-electron chi connectivity index (χ3n) is 3.56. The van der Waals surface area contributed by atoms with Gasteiger partial charge in [-0.1, -0.05) is 11.6 Å². The van der Waals surface area contributed by atoms with Crippen LogP contribution < -0.4 is 10.6 Å². The Labute approximate surface area is 121 Å². The minimum absolute atomic E-state index is 0.305. The first-order valence-corrected chi connectivity index (χ1v) is 6.88. The van der Waals surface area contributed by atoms with Crippen molar-refractivity contribution in [3.63, 3.8) is 0 Å². The maximum absolute atomic E-state index is 13.8. The predicted molar refractivity (Wildman–Crippen MR) is 76.3 cm³/mol. The number of piperidine rings is 1. The standard InChI is InChI=1S/C13H15ClFN5/c14-9-7-11(15)13(17-8-9)19-4-1-10(2-5-19)20-6-3-12(16)18-20/h3,6-8,10H,1-2,4-5H2,(H2,16,18). The van der Waals surface area contributed by atoms with E-state index in [1.807, 2.05) is 15.8 Å². The Hall–Kier alpha value is -1.82. The lowest BCUT2D eigenvalue weighted by atomic mass is 10.1. The van der Waals surface area contributed by atoms with Gasteiger partial charge in [0.1, 0.15) is 5.82 Å². The van der Waals surface area contributed by atoms with E-state index in [-0.39, 0.29) is 5.82 Å². The molecule has 1 aliphatic heterocycles. The molecule has 5 nitrogen and oxygen atoms in total. The highest BCUT2D eigenvalue weighted by atomic mass is 35.5. The Morgan fingerprint density at radius 2 is 2.10 bits per heavy atom. The number of hydrogen-bond acceptors (Lipinski definition) is 4. The molecule has 0 bridgehead atoms. The van der Waals surface area contributed by atoms with Crippen molar-refractivity contribution in [3.8, 4) is 0 Å². The summed E-state index contributed by atoms with van der Waals surface area (Å²) in [6.07, 6.45) is 5.12. The third-order valence-corrected chi connectivity index (χ3v) is 3.76. The Balaban J connectivity index is 1.69. The van der Waals surface area contributed by atoms with Crippen molar-refractivity contribution in [3.05, 3.63) is 35.4 Å². The largest absolute Gasteiger partial charge is 0.382 e. The predicted octanol–water partition coefficient (Wildman–Crippen LogP) is 2.49. The number of nitrogens with zero attached hydrogens (tertiary/aromatic N) is 4. The van der Waals surface area contributed by atoms with E-state index >= 15 is 0 Å². The zero-order valence-corrected chi connectivity index (χ0v) is 11.6. The SMILES string of the molecule is Nc1ccn(C2CCN(c3ncc(Cl)cc3F)CC2)n1. The molecule has 0 spiro atoms. The zero-order valence-electron chi connectivity index (χ0n) is 10.8. The molecule has 0 aliphatic carbocycles. The minimum Gasteiger partial charge on any atom is -0.382 e. The maximum atomic E-state index is 13.8. The van der Waals surface area contributed by atoms with E-state index in [4.69, 9.17) is 17.3 Å². The van der Waals surface area contributed by atoms with Crippen molar-refractivity contribution < 1.29 is 4.39 Å². The van der Waals surface area contributed by atoms with Gasteiger partial charge in [-0.15, -0.1) is 0 Å². The normalized spacial score (nSPS) is 16.6. The molecule has 1 fully saturated rings. The highest BCUT2D eigenvalue weighted by molar-refractivity contribution is 6.30. The summed E-state index contributed by atoms with van der Waals surface area (Å²) in [4.78, 5) is 6.02.